The Morgan fingerprint density at radius 3 is 2.24 bits per heavy atom. The third-order valence-corrected chi connectivity index (χ3v) is 7.07. The van der Waals surface area contributed by atoms with Crippen LogP contribution in [0.4, 0.5) is 11.4 Å². The number of amides is 2. The van der Waals surface area contributed by atoms with E-state index in [9.17, 15) is 29.3 Å². The number of hydrogen-bond acceptors (Lipinski definition) is 8. The van der Waals surface area contributed by atoms with E-state index in [1.807, 2.05) is 0 Å². The first-order valence-electron chi connectivity index (χ1n) is 12.2. The molecule has 0 aliphatic carbocycles. The maximum absolute atomic E-state index is 13.5. The predicted molar refractivity (Wildman–Crippen MR) is 153 cm³/mol. The number of hydrogen-bond donors (Lipinski definition) is 0. The smallest absolute Gasteiger partial charge is 0.343 e. The summed E-state index contributed by atoms with van der Waals surface area (Å²) in [5.74, 6) is -3.41. The molecule has 12 heteroatoms. The second-order valence-corrected chi connectivity index (χ2v) is 9.82. The van der Waals surface area contributed by atoms with Crippen LogP contribution in [0.2, 0.25) is 10.0 Å². The van der Waals surface area contributed by atoms with Crippen molar-refractivity contribution in [2.75, 3.05) is 12.0 Å². The van der Waals surface area contributed by atoms with Crippen molar-refractivity contribution in [2.24, 2.45) is 0 Å². The summed E-state index contributed by atoms with van der Waals surface area (Å²) in [6.07, 6.45) is -1.36. The number of anilines is 1. The highest BCUT2D eigenvalue weighted by molar-refractivity contribution is 6.40. The van der Waals surface area contributed by atoms with Crippen LogP contribution in [0.15, 0.2) is 84.9 Å². The number of ketones is 1. The molecule has 4 aromatic rings. The van der Waals surface area contributed by atoms with Gasteiger partial charge in [-0.25, -0.2) is 9.69 Å². The quantitative estimate of drug-likeness (QED) is 0.0732. The van der Waals surface area contributed by atoms with Gasteiger partial charge in [0.1, 0.15) is 16.9 Å². The number of halogens is 2. The molecule has 0 N–H and O–H groups in total. The van der Waals surface area contributed by atoms with E-state index in [-0.39, 0.29) is 33.1 Å². The molecular formula is C30H18Cl2N2O8. The van der Waals surface area contributed by atoms with E-state index in [0.29, 0.717) is 21.0 Å². The predicted octanol–water partition coefficient (Wildman–Crippen LogP) is 6.49. The molecule has 0 unspecified atom stereocenters. The molecule has 4 aromatic carbocycles. The van der Waals surface area contributed by atoms with Crippen molar-refractivity contribution in [3.8, 4) is 5.75 Å². The Kier molecular flexibility index (Phi) is 7.75. The molecule has 0 fully saturated rings. The van der Waals surface area contributed by atoms with Crippen molar-refractivity contribution >= 4 is 58.1 Å². The van der Waals surface area contributed by atoms with Crippen molar-refractivity contribution in [3.63, 3.8) is 0 Å². The van der Waals surface area contributed by atoms with Crippen LogP contribution in [0.1, 0.15) is 53.1 Å². The van der Waals surface area contributed by atoms with Gasteiger partial charge in [-0.05, 0) is 24.3 Å². The third-order valence-electron chi connectivity index (χ3n) is 6.51. The van der Waals surface area contributed by atoms with Gasteiger partial charge in [0.05, 0.1) is 28.3 Å². The first-order chi connectivity index (χ1) is 20.1. The fourth-order valence-electron chi connectivity index (χ4n) is 4.52. The summed E-state index contributed by atoms with van der Waals surface area (Å²) < 4.78 is 11.0. The summed E-state index contributed by atoms with van der Waals surface area (Å²) in [6, 6.07) is 20.4. The lowest BCUT2D eigenvalue weighted by molar-refractivity contribution is -0.385. The highest BCUT2D eigenvalue weighted by atomic mass is 35.5. The Labute approximate surface area is 248 Å². The minimum atomic E-state index is -1.36. The van der Waals surface area contributed by atoms with Crippen LogP contribution in [0.25, 0.3) is 0 Å². The van der Waals surface area contributed by atoms with E-state index in [1.165, 1.54) is 25.3 Å². The minimum absolute atomic E-state index is 0.132. The van der Waals surface area contributed by atoms with E-state index in [0.717, 1.165) is 12.1 Å². The Morgan fingerprint density at radius 1 is 0.905 bits per heavy atom. The number of esters is 1. The van der Waals surface area contributed by atoms with Gasteiger partial charge in [-0.15, -0.1) is 0 Å². The molecule has 0 spiro atoms. The standard InChI is InChI=1S/C30H18Cl2N2O8/c1-41-24-15-23(33-28(36)19-8-5-9-22(34(39)40)25(19)29(33)37)21(32)14-20(24)30(38)42-27(17-10-12-18(31)13-11-17)26(35)16-6-3-2-4-7-16/h2-15,27H,1H3/t27-/m1/s1. The molecule has 0 saturated heterocycles. The number of nitro groups is 1. The number of ether oxygens (including phenoxy) is 2. The van der Waals surface area contributed by atoms with Crippen LogP contribution in [0.5, 0.6) is 5.75 Å². The Hall–Kier alpha value is -5.06. The molecule has 1 heterocycles. The van der Waals surface area contributed by atoms with Gasteiger partial charge in [-0.2, -0.15) is 0 Å². The van der Waals surface area contributed by atoms with Crippen molar-refractivity contribution in [1.29, 1.82) is 0 Å². The van der Waals surface area contributed by atoms with Gasteiger partial charge in [0.25, 0.3) is 17.5 Å². The number of carbonyl (C=O) groups is 4. The zero-order chi connectivity index (χ0) is 30.1. The summed E-state index contributed by atoms with van der Waals surface area (Å²) in [4.78, 5) is 64.6. The third kappa shape index (κ3) is 5.09. The number of rotatable bonds is 8. The topological polar surface area (TPSA) is 133 Å². The van der Waals surface area contributed by atoms with Gasteiger partial charge < -0.3 is 9.47 Å². The van der Waals surface area contributed by atoms with E-state index in [1.54, 1.807) is 54.6 Å². The zero-order valence-electron chi connectivity index (χ0n) is 21.6. The molecule has 0 saturated carbocycles. The lowest BCUT2D eigenvalue weighted by Crippen LogP contribution is -2.30. The largest absolute Gasteiger partial charge is 0.496 e. The monoisotopic (exact) mass is 604 g/mol. The van der Waals surface area contributed by atoms with Crippen LogP contribution < -0.4 is 9.64 Å². The SMILES string of the molecule is COc1cc(N2C(=O)c3cccc([N+](=O)[O-])c3C2=O)c(Cl)cc1C(=O)O[C@@H](C(=O)c1ccccc1)c1ccc(Cl)cc1. The number of Topliss-reactive ketones (excluding diaryl/α,β-unsaturated/α-hetero) is 1. The molecule has 210 valence electrons. The number of nitro benzene ring substituents is 1. The molecule has 10 nitrogen and oxygen atoms in total. The first kappa shape index (κ1) is 28.5. The van der Waals surface area contributed by atoms with Crippen LogP contribution in [0.3, 0.4) is 0 Å². The summed E-state index contributed by atoms with van der Waals surface area (Å²) in [7, 11) is 1.24. The molecule has 1 aliphatic heterocycles. The molecule has 1 atom stereocenters. The Bertz CT molecular complexity index is 1770. The fourth-order valence-corrected chi connectivity index (χ4v) is 4.89. The van der Waals surface area contributed by atoms with E-state index < -0.39 is 40.3 Å². The fraction of sp³-hybridized carbons (Fsp3) is 0.0667. The zero-order valence-corrected chi connectivity index (χ0v) is 23.1. The second kappa shape index (κ2) is 11.4. The molecule has 2 amide bonds. The van der Waals surface area contributed by atoms with Crippen molar-refractivity contribution in [2.45, 2.75) is 6.10 Å². The highest BCUT2D eigenvalue weighted by Gasteiger charge is 2.43. The number of nitrogens with zero attached hydrogens (tertiary/aromatic N) is 2. The van der Waals surface area contributed by atoms with Crippen LogP contribution in [0, 0.1) is 10.1 Å². The van der Waals surface area contributed by atoms with Gasteiger partial charge in [0.2, 0.25) is 5.78 Å². The summed E-state index contributed by atoms with van der Waals surface area (Å²) in [5.41, 5.74) is -0.794. The van der Waals surface area contributed by atoms with Gasteiger partial charge in [-0.3, -0.25) is 24.5 Å². The summed E-state index contributed by atoms with van der Waals surface area (Å²) >= 11 is 12.5. The normalized spacial score (nSPS) is 13.0. The van der Waals surface area contributed by atoms with Crippen LogP contribution in [-0.4, -0.2) is 35.6 Å². The lowest BCUT2D eigenvalue weighted by atomic mass is 9.99. The molecular weight excluding hydrogens is 587 g/mol. The molecule has 5 rings (SSSR count). The Balaban J connectivity index is 1.51. The maximum Gasteiger partial charge on any atom is 0.343 e. The van der Waals surface area contributed by atoms with Gasteiger partial charge in [0.15, 0.2) is 6.10 Å². The van der Waals surface area contributed by atoms with Crippen LogP contribution >= 0.6 is 23.2 Å². The number of fused-ring (bicyclic) bond motifs is 1. The Morgan fingerprint density at radius 2 is 1.60 bits per heavy atom. The number of benzene rings is 4. The van der Waals surface area contributed by atoms with Crippen molar-refractivity contribution < 1.29 is 33.6 Å². The second-order valence-electron chi connectivity index (χ2n) is 8.97. The minimum Gasteiger partial charge on any atom is -0.496 e. The molecule has 1 aliphatic rings. The molecule has 42 heavy (non-hydrogen) atoms. The first-order valence-corrected chi connectivity index (χ1v) is 13.0. The molecule has 0 radical (unpaired) electrons. The van der Waals surface area contributed by atoms with E-state index >= 15 is 0 Å². The summed E-state index contributed by atoms with van der Waals surface area (Å²) in [6.45, 7) is 0. The van der Waals surface area contributed by atoms with E-state index in [2.05, 4.69) is 0 Å². The van der Waals surface area contributed by atoms with E-state index in [4.69, 9.17) is 32.7 Å². The number of methoxy groups -OCH3 is 1. The van der Waals surface area contributed by atoms with Gasteiger partial charge >= 0.3 is 5.97 Å². The van der Waals surface area contributed by atoms with Crippen LogP contribution in [-0.2, 0) is 4.74 Å². The van der Waals surface area contributed by atoms with Gasteiger partial charge in [0, 0.05) is 28.3 Å². The van der Waals surface area contributed by atoms with Crippen molar-refractivity contribution in [3.05, 3.63) is 133 Å². The maximum atomic E-state index is 13.5. The van der Waals surface area contributed by atoms with Crippen molar-refractivity contribution in [1.82, 2.24) is 0 Å². The average molecular weight is 605 g/mol. The average Bonchev–Trinajstić information content (AvgIpc) is 3.25. The number of imide groups is 1. The highest BCUT2D eigenvalue weighted by Crippen LogP contribution is 2.40. The van der Waals surface area contributed by atoms with Gasteiger partial charge in [-0.1, -0.05) is 71.7 Å². The number of carbonyl (C=O) groups excluding carboxylic acids is 4. The summed E-state index contributed by atoms with van der Waals surface area (Å²) in [5, 5.41) is 11.7. The molecule has 0 aromatic heterocycles. The lowest BCUT2D eigenvalue weighted by Gasteiger charge is -2.20. The molecule has 0 bridgehead atoms.